The molecule has 1 aliphatic carbocycles. The molecule has 3 nitrogen and oxygen atoms in total. The lowest BCUT2D eigenvalue weighted by Crippen LogP contribution is -2.26. The molecule has 2 aromatic heterocycles. The second kappa shape index (κ2) is 5.99. The molecule has 5 heteroatoms. The zero-order valence-electron chi connectivity index (χ0n) is 14.2. The third-order valence-corrected chi connectivity index (χ3v) is 5.79. The van der Waals surface area contributed by atoms with Gasteiger partial charge < -0.3 is 9.90 Å². The minimum atomic E-state index is -1.29. The van der Waals surface area contributed by atoms with E-state index in [2.05, 4.69) is 22.5 Å². The van der Waals surface area contributed by atoms with Crippen LogP contribution in [0.2, 0.25) is 0 Å². The van der Waals surface area contributed by atoms with Gasteiger partial charge in [0.2, 0.25) is 0 Å². The maximum atomic E-state index is 13.7. The molecule has 0 spiro atoms. The summed E-state index contributed by atoms with van der Waals surface area (Å²) in [5.41, 5.74) is 6.20. The second-order valence-electron chi connectivity index (χ2n) is 6.65. The van der Waals surface area contributed by atoms with Crippen molar-refractivity contribution in [3.63, 3.8) is 0 Å². The number of aromatic carboxylic acids is 1. The summed E-state index contributed by atoms with van der Waals surface area (Å²) >= 11 is 1.65. The van der Waals surface area contributed by atoms with Crippen LogP contribution in [0.4, 0.5) is 4.39 Å². The van der Waals surface area contributed by atoms with E-state index in [-0.39, 0.29) is 5.56 Å². The Kier molecular flexibility index (Phi) is 3.58. The van der Waals surface area contributed by atoms with Crippen LogP contribution in [0.5, 0.6) is 0 Å². The molecule has 0 aliphatic heterocycles. The van der Waals surface area contributed by atoms with Crippen LogP contribution in [-0.4, -0.2) is 11.0 Å². The van der Waals surface area contributed by atoms with Gasteiger partial charge in [-0.3, -0.25) is 0 Å². The van der Waals surface area contributed by atoms with Crippen molar-refractivity contribution in [2.75, 3.05) is 0 Å². The van der Waals surface area contributed by atoms with Gasteiger partial charge in [-0.1, -0.05) is 18.2 Å². The van der Waals surface area contributed by atoms with E-state index in [4.69, 9.17) is 0 Å². The molecule has 0 radical (unpaired) electrons. The average molecular weight is 374 g/mol. The molecule has 2 aromatic carbocycles. The van der Waals surface area contributed by atoms with Crippen LogP contribution in [0.1, 0.15) is 21.5 Å². The highest BCUT2D eigenvalue weighted by molar-refractivity contribution is 7.08. The maximum absolute atomic E-state index is 13.7. The van der Waals surface area contributed by atoms with Gasteiger partial charge in [0, 0.05) is 16.5 Å². The van der Waals surface area contributed by atoms with E-state index < -0.39 is 11.8 Å². The fraction of sp³-hybridized carbons (Fsp3) is 0.0909. The van der Waals surface area contributed by atoms with E-state index >= 15 is 0 Å². The number of benzene rings is 2. The highest BCUT2D eigenvalue weighted by atomic mass is 32.1. The number of carbonyl (C=O) groups excluding carboxylic acids is 1. The number of carboxylic acid groups (broad SMARTS) is 1. The van der Waals surface area contributed by atoms with Gasteiger partial charge in [0.25, 0.3) is 0 Å². The van der Waals surface area contributed by atoms with Crippen LogP contribution in [0.15, 0.2) is 53.2 Å². The van der Waals surface area contributed by atoms with Gasteiger partial charge in [0.15, 0.2) is 0 Å². The number of fused-ring (bicyclic) bond motifs is 4. The lowest BCUT2D eigenvalue weighted by molar-refractivity contribution is -0.254. The Hall–Kier alpha value is -3.05. The average Bonchev–Trinajstić information content (AvgIpc) is 3.20. The fourth-order valence-corrected chi connectivity index (χ4v) is 4.54. The van der Waals surface area contributed by atoms with Crippen molar-refractivity contribution in [2.45, 2.75) is 12.8 Å². The maximum Gasteiger partial charge on any atom is 0.123 e. The van der Waals surface area contributed by atoms with Crippen molar-refractivity contribution >= 4 is 28.2 Å². The summed E-state index contributed by atoms with van der Waals surface area (Å²) in [5, 5.41) is 16.3. The fourth-order valence-electron chi connectivity index (χ4n) is 3.87. The van der Waals surface area contributed by atoms with Gasteiger partial charge in [0.1, 0.15) is 5.82 Å². The standard InChI is InChI=1S/C22H14FNO2S/c23-15-3-6-19-18(10-15)20(22(25)26)17-5-2-13-9-12(14-7-8-27-11-14)1-4-16(13)21(17)24-19/h1,3-4,6-11H,2,5H2,(H,25,26)/p-1. The monoisotopic (exact) mass is 374 g/mol. The summed E-state index contributed by atoms with van der Waals surface area (Å²) in [5.74, 6) is -1.77. The predicted octanol–water partition coefficient (Wildman–Crippen LogP) is 4.23. The van der Waals surface area contributed by atoms with Crippen molar-refractivity contribution < 1.29 is 14.3 Å². The van der Waals surface area contributed by atoms with Crippen LogP contribution in [-0.2, 0) is 12.8 Å². The number of aryl methyl sites for hydroxylation is 1. The molecule has 0 bridgehead atoms. The summed E-state index contributed by atoms with van der Waals surface area (Å²) in [7, 11) is 0. The first-order chi connectivity index (χ1) is 13.1. The molecule has 132 valence electrons. The first-order valence-electron chi connectivity index (χ1n) is 8.61. The first-order valence-corrected chi connectivity index (χ1v) is 9.55. The highest BCUT2D eigenvalue weighted by Gasteiger charge is 2.23. The van der Waals surface area contributed by atoms with Gasteiger partial charge in [-0.25, -0.2) is 9.37 Å². The predicted molar refractivity (Wildman–Crippen MR) is 102 cm³/mol. The lowest BCUT2D eigenvalue weighted by atomic mass is 9.84. The molecule has 27 heavy (non-hydrogen) atoms. The number of nitrogens with zero attached hydrogens (tertiary/aromatic N) is 1. The Bertz CT molecular complexity index is 1210. The molecule has 0 amide bonds. The molecule has 0 fully saturated rings. The number of hydrogen-bond acceptors (Lipinski definition) is 4. The normalized spacial score (nSPS) is 12.6. The summed E-state index contributed by atoms with van der Waals surface area (Å²) < 4.78 is 13.7. The molecular weight excluding hydrogens is 361 g/mol. The molecule has 0 unspecified atom stereocenters. The van der Waals surface area contributed by atoms with Crippen molar-refractivity contribution in [3.05, 3.63) is 75.7 Å². The second-order valence-corrected chi connectivity index (χ2v) is 7.43. The number of halogens is 1. The number of carbonyl (C=O) groups is 1. The molecule has 0 atom stereocenters. The van der Waals surface area contributed by atoms with E-state index in [1.54, 1.807) is 11.3 Å². The Morgan fingerprint density at radius 1 is 1.07 bits per heavy atom. The van der Waals surface area contributed by atoms with Crippen molar-refractivity contribution in [1.29, 1.82) is 0 Å². The summed E-state index contributed by atoms with van der Waals surface area (Å²) in [4.78, 5) is 16.5. The van der Waals surface area contributed by atoms with Gasteiger partial charge in [-0.05, 0) is 70.1 Å². The molecule has 0 N–H and O–H groups in total. The van der Waals surface area contributed by atoms with Crippen molar-refractivity contribution in [3.8, 4) is 22.4 Å². The first kappa shape index (κ1) is 16.1. The molecule has 0 saturated carbocycles. The third kappa shape index (κ3) is 2.54. The number of carboxylic acids is 1. The molecular formula is C22H13FNO2S-. The summed E-state index contributed by atoms with van der Waals surface area (Å²) in [6, 6.07) is 12.3. The van der Waals surface area contributed by atoms with Crippen LogP contribution in [0.25, 0.3) is 33.3 Å². The number of pyridine rings is 1. The topological polar surface area (TPSA) is 53.0 Å². The smallest absolute Gasteiger partial charge is 0.123 e. The van der Waals surface area contributed by atoms with Crippen LogP contribution in [0.3, 0.4) is 0 Å². The number of thiophene rings is 1. The molecule has 2 heterocycles. The number of rotatable bonds is 2. The van der Waals surface area contributed by atoms with Crippen molar-refractivity contribution in [1.82, 2.24) is 4.98 Å². The van der Waals surface area contributed by atoms with E-state index in [9.17, 15) is 14.3 Å². The van der Waals surface area contributed by atoms with Crippen LogP contribution >= 0.6 is 11.3 Å². The highest BCUT2D eigenvalue weighted by Crippen LogP contribution is 2.38. The Morgan fingerprint density at radius 3 is 2.74 bits per heavy atom. The SMILES string of the molecule is O=C([O-])c1c2c(nc3ccc(F)cc13)-c1ccc(-c3ccsc3)cc1CC2. The molecule has 1 aliphatic rings. The minimum absolute atomic E-state index is 0.0575. The Labute approximate surface area is 158 Å². The number of aromatic nitrogens is 1. The zero-order valence-corrected chi connectivity index (χ0v) is 15.0. The minimum Gasteiger partial charge on any atom is -0.545 e. The third-order valence-electron chi connectivity index (χ3n) is 5.11. The Morgan fingerprint density at radius 2 is 1.96 bits per heavy atom. The molecule has 0 saturated heterocycles. The van der Waals surface area contributed by atoms with Gasteiger partial charge in [0.05, 0.1) is 17.2 Å². The summed E-state index contributed by atoms with van der Waals surface area (Å²) in [6.45, 7) is 0. The van der Waals surface area contributed by atoms with Gasteiger partial charge >= 0.3 is 0 Å². The van der Waals surface area contributed by atoms with E-state index in [1.807, 2.05) is 17.5 Å². The van der Waals surface area contributed by atoms with Crippen LogP contribution in [0, 0.1) is 5.82 Å². The van der Waals surface area contributed by atoms with Gasteiger partial charge in [-0.15, -0.1) is 0 Å². The number of hydrogen-bond donors (Lipinski definition) is 0. The van der Waals surface area contributed by atoms with Crippen LogP contribution < -0.4 is 5.11 Å². The van der Waals surface area contributed by atoms with E-state index in [0.29, 0.717) is 35.0 Å². The largest absolute Gasteiger partial charge is 0.545 e. The lowest BCUT2D eigenvalue weighted by Gasteiger charge is -2.24. The Balaban J connectivity index is 1.77. The van der Waals surface area contributed by atoms with E-state index in [1.165, 1.54) is 23.8 Å². The molecule has 4 aromatic rings. The quantitative estimate of drug-likeness (QED) is 0.528. The molecule has 5 rings (SSSR count). The summed E-state index contributed by atoms with van der Waals surface area (Å²) in [6.07, 6.45) is 1.25. The van der Waals surface area contributed by atoms with E-state index in [0.717, 1.165) is 16.7 Å². The van der Waals surface area contributed by atoms with Crippen molar-refractivity contribution in [2.24, 2.45) is 0 Å². The van der Waals surface area contributed by atoms with Gasteiger partial charge in [-0.2, -0.15) is 11.3 Å². The zero-order chi connectivity index (χ0) is 18.5.